The number of nitrogens with zero attached hydrogens (tertiary/aromatic N) is 1. The van der Waals surface area contributed by atoms with Crippen molar-refractivity contribution in [3.8, 4) is 11.1 Å². The van der Waals surface area contributed by atoms with E-state index >= 15 is 0 Å². The van der Waals surface area contributed by atoms with E-state index in [2.05, 4.69) is 10.3 Å². The molecule has 3 rings (SSSR count). The number of alkyl halides is 3. The van der Waals surface area contributed by atoms with E-state index in [0.29, 0.717) is 12.1 Å². The molecule has 0 bridgehead atoms. The second-order valence-electron chi connectivity index (χ2n) is 6.27. The van der Waals surface area contributed by atoms with Crippen molar-refractivity contribution in [3.05, 3.63) is 89.5 Å². The third kappa shape index (κ3) is 4.71. The second-order valence-corrected chi connectivity index (χ2v) is 6.27. The minimum absolute atomic E-state index is 0.0887. The molecule has 0 amide bonds. The zero-order valence-corrected chi connectivity index (χ0v) is 14.6. The molecule has 1 aromatic heterocycles. The van der Waals surface area contributed by atoms with E-state index in [1.165, 1.54) is 18.3 Å². The Bertz CT molecular complexity index is 890. The Morgan fingerprint density at radius 3 is 2.30 bits per heavy atom. The van der Waals surface area contributed by atoms with E-state index in [1.807, 2.05) is 37.3 Å². The predicted octanol–water partition coefficient (Wildman–Crippen LogP) is 5.76. The van der Waals surface area contributed by atoms with Gasteiger partial charge in [-0.05, 0) is 41.8 Å². The molecule has 0 spiro atoms. The van der Waals surface area contributed by atoms with Crippen LogP contribution in [0.25, 0.3) is 11.1 Å². The summed E-state index contributed by atoms with van der Waals surface area (Å²) in [6.07, 6.45) is -3.00. The van der Waals surface area contributed by atoms with Crippen LogP contribution in [0.15, 0.2) is 66.9 Å². The molecule has 3 aromatic rings. The summed E-state index contributed by atoms with van der Waals surface area (Å²) in [5.41, 5.74) is 1.63. The summed E-state index contributed by atoms with van der Waals surface area (Å²) in [6, 6.07) is 16.0. The third-order valence-corrected chi connectivity index (χ3v) is 4.33. The molecule has 0 aliphatic rings. The number of nitrogens with one attached hydrogen (secondary N) is 1. The van der Waals surface area contributed by atoms with Gasteiger partial charge in [0.25, 0.3) is 0 Å². The lowest BCUT2D eigenvalue weighted by atomic mass is 10.0. The van der Waals surface area contributed by atoms with Crippen LogP contribution in [0.2, 0.25) is 0 Å². The SMILES string of the molecule is CC(NCc1cnc(F)c(-c2ccc(C(F)(F)F)cc2)c1)c1ccccc1. The van der Waals surface area contributed by atoms with Crippen LogP contribution >= 0.6 is 0 Å². The number of hydrogen-bond acceptors (Lipinski definition) is 2. The monoisotopic (exact) mass is 374 g/mol. The Kier molecular flexibility index (Phi) is 5.56. The molecular formula is C21H18F4N2. The predicted molar refractivity (Wildman–Crippen MR) is 96.3 cm³/mol. The largest absolute Gasteiger partial charge is 0.416 e. The zero-order valence-electron chi connectivity index (χ0n) is 14.6. The van der Waals surface area contributed by atoms with Gasteiger partial charge >= 0.3 is 6.18 Å². The molecule has 2 aromatic carbocycles. The first-order chi connectivity index (χ1) is 12.8. The van der Waals surface area contributed by atoms with Crippen LogP contribution in [0.5, 0.6) is 0 Å². The van der Waals surface area contributed by atoms with Gasteiger partial charge in [0.05, 0.1) is 5.56 Å². The average molecular weight is 374 g/mol. The van der Waals surface area contributed by atoms with Crippen LogP contribution in [0.3, 0.4) is 0 Å². The maximum Gasteiger partial charge on any atom is 0.416 e. The van der Waals surface area contributed by atoms with Crippen LogP contribution in [0, 0.1) is 5.95 Å². The summed E-state index contributed by atoms with van der Waals surface area (Å²) in [7, 11) is 0. The van der Waals surface area contributed by atoms with Crippen molar-refractivity contribution in [2.45, 2.75) is 25.7 Å². The van der Waals surface area contributed by atoms with Crippen LogP contribution in [0.4, 0.5) is 17.6 Å². The highest BCUT2D eigenvalue weighted by Gasteiger charge is 2.30. The first-order valence-electron chi connectivity index (χ1n) is 8.45. The molecule has 0 aliphatic carbocycles. The summed E-state index contributed by atoms with van der Waals surface area (Å²) in [5.74, 6) is -0.713. The minimum atomic E-state index is -4.42. The lowest BCUT2D eigenvalue weighted by Crippen LogP contribution is -2.18. The van der Waals surface area contributed by atoms with E-state index < -0.39 is 17.7 Å². The van der Waals surface area contributed by atoms with Gasteiger partial charge in [0.15, 0.2) is 0 Å². The van der Waals surface area contributed by atoms with Crippen molar-refractivity contribution >= 4 is 0 Å². The van der Waals surface area contributed by atoms with Gasteiger partial charge in [-0.3, -0.25) is 0 Å². The molecule has 0 aliphatic heterocycles. The Morgan fingerprint density at radius 2 is 1.67 bits per heavy atom. The number of rotatable bonds is 5. The fourth-order valence-electron chi connectivity index (χ4n) is 2.76. The fraction of sp³-hybridized carbons (Fsp3) is 0.190. The smallest absolute Gasteiger partial charge is 0.306 e. The maximum atomic E-state index is 14.1. The van der Waals surface area contributed by atoms with Crippen LogP contribution in [-0.4, -0.2) is 4.98 Å². The van der Waals surface area contributed by atoms with Gasteiger partial charge in [-0.15, -0.1) is 0 Å². The van der Waals surface area contributed by atoms with Gasteiger partial charge in [-0.25, -0.2) is 4.98 Å². The molecule has 0 radical (unpaired) electrons. The molecule has 0 fully saturated rings. The number of halogens is 4. The lowest BCUT2D eigenvalue weighted by molar-refractivity contribution is -0.137. The molecule has 1 N–H and O–H groups in total. The average Bonchev–Trinajstić information content (AvgIpc) is 2.67. The molecule has 2 nitrogen and oxygen atoms in total. The topological polar surface area (TPSA) is 24.9 Å². The fourth-order valence-corrected chi connectivity index (χ4v) is 2.76. The van der Waals surface area contributed by atoms with Crippen molar-refractivity contribution in [2.24, 2.45) is 0 Å². The molecule has 1 atom stereocenters. The Morgan fingerprint density at radius 1 is 1.00 bits per heavy atom. The van der Waals surface area contributed by atoms with Gasteiger partial charge in [0.2, 0.25) is 5.95 Å². The number of aromatic nitrogens is 1. The molecule has 140 valence electrons. The Labute approximate surface area is 154 Å². The summed E-state index contributed by atoms with van der Waals surface area (Å²) >= 11 is 0. The van der Waals surface area contributed by atoms with Gasteiger partial charge in [0.1, 0.15) is 0 Å². The lowest BCUT2D eigenvalue weighted by Gasteiger charge is -2.15. The second kappa shape index (κ2) is 7.88. The Balaban J connectivity index is 1.76. The molecular weight excluding hydrogens is 356 g/mol. The summed E-state index contributed by atoms with van der Waals surface area (Å²) in [4.78, 5) is 3.75. The maximum absolute atomic E-state index is 14.1. The van der Waals surface area contributed by atoms with Gasteiger partial charge < -0.3 is 5.32 Å². The summed E-state index contributed by atoms with van der Waals surface area (Å²) in [5, 5.41) is 3.33. The van der Waals surface area contributed by atoms with Crippen molar-refractivity contribution in [1.29, 1.82) is 0 Å². The van der Waals surface area contributed by atoms with Crippen molar-refractivity contribution in [3.63, 3.8) is 0 Å². The molecule has 0 saturated heterocycles. The molecule has 1 unspecified atom stereocenters. The van der Waals surface area contributed by atoms with E-state index in [-0.39, 0.29) is 11.6 Å². The molecule has 27 heavy (non-hydrogen) atoms. The van der Waals surface area contributed by atoms with Crippen LogP contribution in [-0.2, 0) is 12.7 Å². The van der Waals surface area contributed by atoms with Crippen LogP contribution < -0.4 is 5.32 Å². The van der Waals surface area contributed by atoms with Gasteiger partial charge in [0, 0.05) is 24.3 Å². The number of benzene rings is 2. The first-order valence-corrected chi connectivity index (χ1v) is 8.45. The van der Waals surface area contributed by atoms with E-state index in [4.69, 9.17) is 0 Å². The first kappa shape index (κ1) is 19.0. The number of hydrogen-bond donors (Lipinski definition) is 1. The quantitative estimate of drug-likeness (QED) is 0.454. The number of pyridine rings is 1. The molecule has 0 saturated carbocycles. The van der Waals surface area contributed by atoms with E-state index in [0.717, 1.165) is 23.3 Å². The highest BCUT2D eigenvalue weighted by molar-refractivity contribution is 5.64. The highest BCUT2D eigenvalue weighted by Crippen LogP contribution is 2.31. The highest BCUT2D eigenvalue weighted by atomic mass is 19.4. The normalized spacial score (nSPS) is 12.8. The zero-order chi connectivity index (χ0) is 19.4. The van der Waals surface area contributed by atoms with E-state index in [9.17, 15) is 17.6 Å². The summed E-state index contributed by atoms with van der Waals surface area (Å²) in [6.45, 7) is 2.47. The minimum Gasteiger partial charge on any atom is -0.306 e. The van der Waals surface area contributed by atoms with Gasteiger partial charge in [-0.1, -0.05) is 42.5 Å². The van der Waals surface area contributed by atoms with Crippen molar-refractivity contribution < 1.29 is 17.6 Å². The standard InChI is InChI=1S/C21H18F4N2/c1-14(16-5-3-2-4-6-16)26-12-15-11-19(20(22)27-13-15)17-7-9-18(10-8-17)21(23,24)25/h2-11,13-14,26H,12H2,1H3. The Hall–Kier alpha value is -2.73. The van der Waals surface area contributed by atoms with Crippen molar-refractivity contribution in [1.82, 2.24) is 10.3 Å². The van der Waals surface area contributed by atoms with Crippen molar-refractivity contribution in [2.75, 3.05) is 0 Å². The van der Waals surface area contributed by atoms with E-state index in [1.54, 1.807) is 6.07 Å². The van der Waals surface area contributed by atoms with Crippen LogP contribution in [0.1, 0.15) is 29.7 Å². The molecule has 1 heterocycles. The summed E-state index contributed by atoms with van der Waals surface area (Å²) < 4.78 is 52.2. The molecule has 6 heteroatoms. The van der Waals surface area contributed by atoms with Gasteiger partial charge in [-0.2, -0.15) is 17.6 Å². The third-order valence-electron chi connectivity index (χ3n) is 4.33.